The third-order valence-corrected chi connectivity index (χ3v) is 3.85. The molecule has 0 saturated carbocycles. The van der Waals surface area contributed by atoms with Crippen LogP contribution in [0.5, 0.6) is 0 Å². The molecule has 1 N–H and O–H groups in total. The van der Waals surface area contributed by atoms with Gasteiger partial charge in [-0.2, -0.15) is 0 Å². The number of nitrogens with zero attached hydrogens (tertiary/aromatic N) is 1. The molecule has 4 nitrogen and oxygen atoms in total. The van der Waals surface area contributed by atoms with E-state index in [9.17, 15) is 4.79 Å². The Bertz CT molecular complexity index is 558. The number of aromatic nitrogens is 1. The van der Waals surface area contributed by atoms with E-state index in [0.29, 0.717) is 18.7 Å². The second-order valence-corrected chi connectivity index (χ2v) is 5.56. The minimum absolute atomic E-state index is 0.308. The van der Waals surface area contributed by atoms with Crippen LogP contribution in [0.2, 0.25) is 0 Å². The largest absolute Gasteiger partial charge is 0.462 e. The predicted octanol–water partition coefficient (Wildman–Crippen LogP) is 3.69. The van der Waals surface area contributed by atoms with Crippen LogP contribution in [-0.4, -0.2) is 17.6 Å². The van der Waals surface area contributed by atoms with Crippen LogP contribution in [0.3, 0.4) is 0 Å². The zero-order valence-corrected chi connectivity index (χ0v) is 12.8. The van der Waals surface area contributed by atoms with Gasteiger partial charge in [-0.25, -0.2) is 4.79 Å². The Hall–Kier alpha value is -1.40. The van der Waals surface area contributed by atoms with Crippen molar-refractivity contribution < 1.29 is 9.53 Å². The second-order valence-electron chi connectivity index (χ2n) is 3.74. The summed E-state index contributed by atoms with van der Waals surface area (Å²) in [6.07, 6.45) is 1.83. The Labute approximate surface area is 124 Å². The summed E-state index contributed by atoms with van der Waals surface area (Å²) in [5.74, 6) is -0.308. The Balaban J connectivity index is 2.04. The molecular formula is C13H13BrN2O2S. The van der Waals surface area contributed by atoms with Gasteiger partial charge in [-0.3, -0.25) is 4.98 Å². The third-order valence-electron chi connectivity index (χ3n) is 2.42. The Morgan fingerprint density at radius 2 is 2.37 bits per heavy atom. The number of thiazole rings is 1. The molecule has 19 heavy (non-hydrogen) atoms. The predicted molar refractivity (Wildman–Crippen MR) is 79.5 cm³/mol. The van der Waals surface area contributed by atoms with Crippen LogP contribution >= 0.6 is 27.3 Å². The average molecular weight is 341 g/mol. The molecule has 0 aliphatic rings. The number of nitrogens with one attached hydrogen (secondary N) is 1. The molecule has 0 saturated heterocycles. The number of anilines is 1. The lowest BCUT2D eigenvalue weighted by Gasteiger charge is -2.09. The van der Waals surface area contributed by atoms with Gasteiger partial charge >= 0.3 is 5.97 Å². The lowest BCUT2D eigenvalue weighted by Crippen LogP contribution is -2.05. The van der Waals surface area contributed by atoms with Gasteiger partial charge in [-0.1, -0.05) is 0 Å². The van der Waals surface area contributed by atoms with Crippen LogP contribution in [0.25, 0.3) is 0 Å². The molecule has 1 aromatic carbocycles. The molecule has 0 amide bonds. The number of carbonyl (C=O) groups is 1. The fraction of sp³-hybridized carbons (Fsp3) is 0.231. The molecule has 0 unspecified atom stereocenters. The van der Waals surface area contributed by atoms with Crippen LogP contribution in [0.1, 0.15) is 22.2 Å². The van der Waals surface area contributed by atoms with Gasteiger partial charge < -0.3 is 10.1 Å². The molecule has 2 rings (SSSR count). The van der Waals surface area contributed by atoms with Crippen LogP contribution in [0.4, 0.5) is 5.69 Å². The van der Waals surface area contributed by atoms with Crippen molar-refractivity contribution in [2.24, 2.45) is 0 Å². The van der Waals surface area contributed by atoms with Crippen LogP contribution < -0.4 is 5.32 Å². The maximum absolute atomic E-state index is 11.6. The summed E-state index contributed by atoms with van der Waals surface area (Å²) in [4.78, 5) is 16.8. The highest BCUT2D eigenvalue weighted by molar-refractivity contribution is 9.10. The van der Waals surface area contributed by atoms with Crippen molar-refractivity contribution in [3.05, 3.63) is 44.8 Å². The standard InChI is InChI=1S/C13H13BrN2O2S/c1-2-18-13(17)9-3-4-12(11(14)5-9)16-7-10-6-15-8-19-10/h3-6,8,16H,2,7H2,1H3. The van der Waals surface area contributed by atoms with Gasteiger partial charge in [-0.15, -0.1) is 11.3 Å². The normalized spacial score (nSPS) is 10.2. The number of hydrogen-bond donors (Lipinski definition) is 1. The van der Waals surface area contributed by atoms with Crippen molar-refractivity contribution in [2.45, 2.75) is 13.5 Å². The van der Waals surface area contributed by atoms with Crippen molar-refractivity contribution in [1.29, 1.82) is 0 Å². The van der Waals surface area contributed by atoms with Crippen molar-refractivity contribution >= 4 is 38.9 Å². The molecule has 1 heterocycles. The van der Waals surface area contributed by atoms with Gasteiger partial charge in [0.25, 0.3) is 0 Å². The number of carbonyl (C=O) groups excluding carboxylic acids is 1. The number of esters is 1. The van der Waals surface area contributed by atoms with Gasteiger partial charge in [0.05, 0.1) is 24.2 Å². The number of benzene rings is 1. The van der Waals surface area contributed by atoms with Crippen LogP contribution in [-0.2, 0) is 11.3 Å². The summed E-state index contributed by atoms with van der Waals surface area (Å²) in [5, 5.41) is 3.28. The molecule has 2 aromatic rings. The highest BCUT2D eigenvalue weighted by Gasteiger charge is 2.09. The number of halogens is 1. The summed E-state index contributed by atoms with van der Waals surface area (Å²) in [7, 11) is 0. The maximum Gasteiger partial charge on any atom is 0.338 e. The van der Waals surface area contributed by atoms with E-state index < -0.39 is 0 Å². The van der Waals surface area contributed by atoms with E-state index in [1.54, 1.807) is 35.9 Å². The van der Waals surface area contributed by atoms with Gasteiger partial charge in [0, 0.05) is 21.2 Å². The first-order valence-corrected chi connectivity index (χ1v) is 7.46. The van der Waals surface area contributed by atoms with E-state index in [-0.39, 0.29) is 5.97 Å². The molecule has 0 aliphatic carbocycles. The van der Waals surface area contributed by atoms with E-state index in [1.165, 1.54) is 0 Å². The lowest BCUT2D eigenvalue weighted by atomic mass is 10.2. The van der Waals surface area contributed by atoms with Gasteiger partial charge in [-0.05, 0) is 41.1 Å². The quantitative estimate of drug-likeness (QED) is 0.843. The highest BCUT2D eigenvalue weighted by Crippen LogP contribution is 2.25. The van der Waals surface area contributed by atoms with Crippen molar-refractivity contribution in [2.75, 3.05) is 11.9 Å². The Morgan fingerprint density at radius 3 is 3.00 bits per heavy atom. The number of ether oxygens (including phenoxy) is 1. The maximum atomic E-state index is 11.6. The smallest absolute Gasteiger partial charge is 0.338 e. The van der Waals surface area contributed by atoms with Gasteiger partial charge in [0.2, 0.25) is 0 Å². The molecule has 0 fully saturated rings. The molecule has 0 spiro atoms. The third kappa shape index (κ3) is 3.78. The molecule has 1 aromatic heterocycles. The lowest BCUT2D eigenvalue weighted by molar-refractivity contribution is 0.0526. The van der Waals surface area contributed by atoms with Crippen molar-refractivity contribution in [3.63, 3.8) is 0 Å². The first kappa shape index (κ1) is 14.0. The second kappa shape index (κ2) is 6.68. The minimum atomic E-state index is -0.308. The molecule has 100 valence electrons. The summed E-state index contributed by atoms with van der Waals surface area (Å²) in [6.45, 7) is 2.88. The van der Waals surface area contributed by atoms with Gasteiger partial charge in [0.1, 0.15) is 0 Å². The Kier molecular flexibility index (Phi) is 4.93. The molecule has 0 bridgehead atoms. The molecule has 0 atom stereocenters. The Morgan fingerprint density at radius 1 is 1.53 bits per heavy atom. The first-order chi connectivity index (χ1) is 9.20. The number of rotatable bonds is 5. The van der Waals surface area contributed by atoms with E-state index >= 15 is 0 Å². The molecule has 0 aliphatic heterocycles. The molecule has 6 heteroatoms. The van der Waals surface area contributed by atoms with Crippen molar-refractivity contribution in [1.82, 2.24) is 4.98 Å². The van der Waals surface area contributed by atoms with Gasteiger partial charge in [0.15, 0.2) is 0 Å². The summed E-state index contributed by atoms with van der Waals surface area (Å²) in [6, 6.07) is 5.36. The highest BCUT2D eigenvalue weighted by atomic mass is 79.9. The van der Waals surface area contributed by atoms with E-state index in [2.05, 4.69) is 26.2 Å². The SMILES string of the molecule is CCOC(=O)c1ccc(NCc2cncs2)c(Br)c1. The zero-order valence-electron chi connectivity index (χ0n) is 10.4. The van der Waals surface area contributed by atoms with E-state index in [0.717, 1.165) is 15.0 Å². The molecule has 0 radical (unpaired) electrons. The first-order valence-electron chi connectivity index (χ1n) is 5.78. The van der Waals surface area contributed by atoms with Crippen LogP contribution in [0, 0.1) is 0 Å². The summed E-state index contributed by atoms with van der Waals surface area (Å²) >= 11 is 5.05. The fourth-order valence-electron chi connectivity index (χ4n) is 1.51. The molecular weight excluding hydrogens is 328 g/mol. The zero-order chi connectivity index (χ0) is 13.7. The summed E-state index contributed by atoms with van der Waals surface area (Å²) in [5.41, 5.74) is 3.27. The summed E-state index contributed by atoms with van der Waals surface area (Å²) < 4.78 is 5.79. The minimum Gasteiger partial charge on any atom is -0.462 e. The monoisotopic (exact) mass is 340 g/mol. The van der Waals surface area contributed by atoms with Crippen LogP contribution in [0.15, 0.2) is 34.4 Å². The fourth-order valence-corrected chi connectivity index (χ4v) is 2.56. The average Bonchev–Trinajstić information content (AvgIpc) is 2.90. The topological polar surface area (TPSA) is 51.2 Å². The number of hydrogen-bond acceptors (Lipinski definition) is 5. The van der Waals surface area contributed by atoms with E-state index in [4.69, 9.17) is 4.74 Å². The van der Waals surface area contributed by atoms with Crippen molar-refractivity contribution in [3.8, 4) is 0 Å². The van der Waals surface area contributed by atoms with E-state index in [1.807, 2.05) is 12.3 Å².